The second kappa shape index (κ2) is 9.83. The Kier molecular flexibility index (Phi) is 6.68. The van der Waals surface area contributed by atoms with Crippen LogP contribution in [0, 0.1) is 6.92 Å². The van der Waals surface area contributed by atoms with Crippen molar-refractivity contribution in [3.8, 4) is 11.5 Å². The third-order valence-electron chi connectivity index (χ3n) is 6.63. The van der Waals surface area contributed by atoms with E-state index >= 15 is 0 Å². The normalized spacial score (nSPS) is 16.2. The highest BCUT2D eigenvalue weighted by Gasteiger charge is 2.37. The average molecular weight is 518 g/mol. The molecule has 1 aromatic carbocycles. The van der Waals surface area contributed by atoms with E-state index in [4.69, 9.17) is 14.2 Å². The number of carbonyl (C=O) groups is 1. The molecular formula is C28H35N7O3. The molecule has 1 amide bonds. The maximum absolute atomic E-state index is 12.6. The third-order valence-corrected chi connectivity index (χ3v) is 6.63. The lowest BCUT2D eigenvalue weighted by Gasteiger charge is -2.47. The lowest BCUT2D eigenvalue weighted by atomic mass is 9.98. The highest BCUT2D eigenvalue weighted by molar-refractivity contribution is 5.80. The molecular weight excluding hydrogens is 482 g/mol. The maximum Gasteiger partial charge on any atom is 0.410 e. The number of pyridine rings is 1. The molecule has 0 saturated carbocycles. The van der Waals surface area contributed by atoms with Crippen molar-refractivity contribution in [1.29, 1.82) is 0 Å². The topological polar surface area (TPSA) is 113 Å². The SMILES string of the molecule is Cc1noc(-c2ccc3nc(Cc4cc(CN5CCN(C(=O)OC(C)(C)C)CC5(C)C)ccn4)[nH]c3c2)n1. The number of amides is 1. The number of ether oxygens (including phenoxy) is 1. The molecule has 4 aromatic rings. The number of nitrogens with one attached hydrogen (secondary N) is 1. The van der Waals surface area contributed by atoms with Gasteiger partial charge in [0, 0.05) is 55.6 Å². The Hall–Kier alpha value is -3.79. The van der Waals surface area contributed by atoms with Crippen molar-refractivity contribution in [3.05, 3.63) is 59.4 Å². The lowest BCUT2D eigenvalue weighted by Crippen LogP contribution is -2.60. The Morgan fingerprint density at radius 1 is 1.16 bits per heavy atom. The van der Waals surface area contributed by atoms with Gasteiger partial charge in [-0.3, -0.25) is 9.88 Å². The lowest BCUT2D eigenvalue weighted by molar-refractivity contribution is -0.0177. The van der Waals surface area contributed by atoms with Crippen molar-refractivity contribution in [2.75, 3.05) is 19.6 Å². The van der Waals surface area contributed by atoms with Crippen molar-refractivity contribution in [2.24, 2.45) is 0 Å². The van der Waals surface area contributed by atoms with E-state index in [9.17, 15) is 4.79 Å². The molecule has 0 aliphatic carbocycles. The number of aryl methyl sites for hydroxylation is 1. The van der Waals surface area contributed by atoms with Gasteiger partial charge in [-0.15, -0.1) is 0 Å². The fraction of sp³-hybridized carbons (Fsp3) is 0.464. The molecule has 4 heterocycles. The molecule has 10 nitrogen and oxygen atoms in total. The van der Waals surface area contributed by atoms with Crippen LogP contribution in [0.4, 0.5) is 4.79 Å². The number of hydrogen-bond donors (Lipinski definition) is 1. The van der Waals surface area contributed by atoms with E-state index in [-0.39, 0.29) is 11.6 Å². The zero-order chi connectivity index (χ0) is 27.1. The van der Waals surface area contributed by atoms with Crippen LogP contribution in [0.25, 0.3) is 22.5 Å². The number of piperazine rings is 1. The van der Waals surface area contributed by atoms with Gasteiger partial charge < -0.3 is 19.1 Å². The van der Waals surface area contributed by atoms with Crippen LogP contribution in [-0.2, 0) is 17.7 Å². The zero-order valence-corrected chi connectivity index (χ0v) is 22.9. The molecule has 0 spiro atoms. The minimum Gasteiger partial charge on any atom is -0.444 e. The predicted octanol–water partition coefficient (Wildman–Crippen LogP) is 4.74. The number of benzene rings is 1. The highest BCUT2D eigenvalue weighted by atomic mass is 16.6. The van der Waals surface area contributed by atoms with E-state index in [1.165, 1.54) is 5.56 Å². The number of aromatic nitrogens is 5. The van der Waals surface area contributed by atoms with Crippen LogP contribution < -0.4 is 0 Å². The molecule has 0 bridgehead atoms. The first-order valence-corrected chi connectivity index (χ1v) is 12.9. The molecule has 1 fully saturated rings. The van der Waals surface area contributed by atoms with Crippen molar-refractivity contribution in [2.45, 2.75) is 65.6 Å². The minimum atomic E-state index is -0.499. The molecule has 3 aromatic heterocycles. The first-order chi connectivity index (χ1) is 17.9. The van der Waals surface area contributed by atoms with Gasteiger partial charge in [-0.1, -0.05) is 5.16 Å². The molecule has 10 heteroatoms. The van der Waals surface area contributed by atoms with Gasteiger partial charge in [0.05, 0.1) is 11.0 Å². The van der Waals surface area contributed by atoms with Crippen LogP contribution in [0.5, 0.6) is 0 Å². The first-order valence-electron chi connectivity index (χ1n) is 12.9. The van der Waals surface area contributed by atoms with Gasteiger partial charge in [0.25, 0.3) is 5.89 Å². The highest BCUT2D eigenvalue weighted by Crippen LogP contribution is 2.26. The summed E-state index contributed by atoms with van der Waals surface area (Å²) >= 11 is 0. The first kappa shape index (κ1) is 25.8. The summed E-state index contributed by atoms with van der Waals surface area (Å²) in [6, 6.07) is 10.0. The van der Waals surface area contributed by atoms with Gasteiger partial charge >= 0.3 is 6.09 Å². The number of H-pyrrole nitrogens is 1. The van der Waals surface area contributed by atoms with Gasteiger partial charge in [0.15, 0.2) is 5.82 Å². The Bertz CT molecular complexity index is 1450. The number of aromatic amines is 1. The monoisotopic (exact) mass is 517 g/mol. The number of hydrogen-bond acceptors (Lipinski definition) is 8. The van der Waals surface area contributed by atoms with E-state index in [1.54, 1.807) is 6.92 Å². The van der Waals surface area contributed by atoms with Gasteiger partial charge in [-0.05, 0) is 77.4 Å². The van der Waals surface area contributed by atoms with Crippen molar-refractivity contribution in [3.63, 3.8) is 0 Å². The molecule has 1 aliphatic rings. The molecule has 5 rings (SSSR count). The predicted molar refractivity (Wildman–Crippen MR) is 143 cm³/mol. The molecule has 1 saturated heterocycles. The summed E-state index contributed by atoms with van der Waals surface area (Å²) in [5.74, 6) is 1.93. The fourth-order valence-electron chi connectivity index (χ4n) is 4.77. The summed E-state index contributed by atoms with van der Waals surface area (Å²) in [6.45, 7) is 14.6. The molecule has 38 heavy (non-hydrogen) atoms. The zero-order valence-electron chi connectivity index (χ0n) is 22.9. The Morgan fingerprint density at radius 2 is 1.97 bits per heavy atom. The maximum atomic E-state index is 12.6. The smallest absolute Gasteiger partial charge is 0.410 e. The second-order valence-electron chi connectivity index (χ2n) is 11.5. The number of imidazole rings is 1. The van der Waals surface area contributed by atoms with Crippen LogP contribution in [0.3, 0.4) is 0 Å². The van der Waals surface area contributed by atoms with E-state index in [0.29, 0.717) is 31.2 Å². The van der Waals surface area contributed by atoms with Gasteiger partial charge in [-0.25, -0.2) is 9.78 Å². The van der Waals surface area contributed by atoms with Gasteiger partial charge in [0.1, 0.15) is 11.4 Å². The van der Waals surface area contributed by atoms with Crippen LogP contribution in [0.1, 0.15) is 57.5 Å². The molecule has 0 atom stereocenters. The summed E-state index contributed by atoms with van der Waals surface area (Å²) in [4.78, 5) is 33.9. The van der Waals surface area contributed by atoms with Crippen molar-refractivity contribution < 1.29 is 14.1 Å². The summed E-state index contributed by atoms with van der Waals surface area (Å²) < 4.78 is 10.9. The van der Waals surface area contributed by atoms with Crippen LogP contribution in [0.2, 0.25) is 0 Å². The van der Waals surface area contributed by atoms with E-state index < -0.39 is 5.60 Å². The van der Waals surface area contributed by atoms with E-state index in [2.05, 4.69) is 51.0 Å². The number of fused-ring (bicyclic) bond motifs is 1. The number of nitrogens with zero attached hydrogens (tertiary/aromatic N) is 6. The number of carbonyl (C=O) groups excluding carboxylic acids is 1. The summed E-state index contributed by atoms with van der Waals surface area (Å²) in [5.41, 5.74) is 4.07. The Balaban J connectivity index is 1.25. The van der Waals surface area contributed by atoms with E-state index in [1.807, 2.05) is 50.1 Å². The van der Waals surface area contributed by atoms with Gasteiger partial charge in [-0.2, -0.15) is 4.98 Å². The standard InChI is InChI=1S/C28H35N7O3/c1-18-30-25(38-33-18)20-7-8-22-23(14-20)32-24(31-22)15-21-13-19(9-10-29-21)16-35-12-11-34(17-28(35,5)6)26(36)37-27(2,3)4/h7-10,13-14H,11-12,15-17H2,1-6H3,(H,31,32). The Labute approximate surface area is 222 Å². The van der Waals surface area contributed by atoms with Crippen molar-refractivity contribution >= 4 is 17.1 Å². The quantitative estimate of drug-likeness (QED) is 0.404. The second-order valence-corrected chi connectivity index (χ2v) is 11.5. The number of rotatable bonds is 5. The minimum absolute atomic E-state index is 0.189. The summed E-state index contributed by atoms with van der Waals surface area (Å²) in [6.07, 6.45) is 2.20. The third kappa shape index (κ3) is 5.85. The van der Waals surface area contributed by atoms with Crippen LogP contribution in [0.15, 0.2) is 41.1 Å². The largest absolute Gasteiger partial charge is 0.444 e. The molecule has 1 aliphatic heterocycles. The molecule has 1 N–H and O–H groups in total. The molecule has 0 radical (unpaired) electrons. The Morgan fingerprint density at radius 3 is 2.68 bits per heavy atom. The van der Waals surface area contributed by atoms with Gasteiger partial charge in [0.2, 0.25) is 0 Å². The van der Waals surface area contributed by atoms with Crippen LogP contribution >= 0.6 is 0 Å². The van der Waals surface area contributed by atoms with Crippen molar-refractivity contribution in [1.82, 2.24) is 34.9 Å². The van der Waals surface area contributed by atoms with Crippen LogP contribution in [-0.4, -0.2) is 71.8 Å². The average Bonchev–Trinajstić information content (AvgIpc) is 3.44. The van der Waals surface area contributed by atoms with E-state index in [0.717, 1.165) is 41.2 Å². The molecule has 0 unspecified atom stereocenters. The summed E-state index contributed by atoms with van der Waals surface area (Å²) in [7, 11) is 0. The summed E-state index contributed by atoms with van der Waals surface area (Å²) in [5, 5.41) is 3.87. The molecule has 200 valence electrons. The fourth-order valence-corrected chi connectivity index (χ4v) is 4.77.